The molecule has 0 N–H and O–H groups in total. The maximum absolute atomic E-state index is 13.3. The van der Waals surface area contributed by atoms with Crippen molar-refractivity contribution in [3.05, 3.63) is 51.3 Å². The summed E-state index contributed by atoms with van der Waals surface area (Å²) in [5.74, 6) is 0. The first-order valence-corrected chi connectivity index (χ1v) is 9.34. The largest absolute Gasteiger partial charge is 0.416 e. The highest BCUT2D eigenvalue weighted by Crippen LogP contribution is 2.38. The molecule has 0 unspecified atom stereocenters. The smallest absolute Gasteiger partial charge is 0.234 e. The van der Waals surface area contributed by atoms with Crippen molar-refractivity contribution in [1.29, 1.82) is 21.0 Å². The average Bonchev–Trinajstić information content (AvgIpc) is 3.16. The van der Waals surface area contributed by atoms with Crippen LogP contribution in [-0.4, -0.2) is 4.98 Å². The maximum atomic E-state index is 13.3. The van der Waals surface area contributed by atoms with Crippen LogP contribution in [0.1, 0.15) is 11.1 Å². The van der Waals surface area contributed by atoms with Gasteiger partial charge >= 0.3 is 12.4 Å². The topological polar surface area (TPSA) is 108 Å². The van der Waals surface area contributed by atoms with Crippen molar-refractivity contribution >= 4 is 32.7 Å². The van der Waals surface area contributed by atoms with Gasteiger partial charge in [0, 0.05) is 5.22 Å². The third-order valence-corrected chi connectivity index (χ3v) is 5.39. The minimum atomic E-state index is -5.10. The van der Waals surface area contributed by atoms with Gasteiger partial charge in [0.2, 0.25) is 0 Å². The van der Waals surface area contributed by atoms with Crippen molar-refractivity contribution < 1.29 is 26.3 Å². The van der Waals surface area contributed by atoms with Gasteiger partial charge in [-0.2, -0.15) is 47.4 Å². The number of alkyl halides is 6. The van der Waals surface area contributed by atoms with Gasteiger partial charge in [0.25, 0.3) is 0 Å². The van der Waals surface area contributed by atoms with Crippen LogP contribution in [0.25, 0.3) is 32.5 Å². The van der Waals surface area contributed by atoms with Gasteiger partial charge in [0.15, 0.2) is 5.57 Å². The number of nitriles is 4. The van der Waals surface area contributed by atoms with Crippen LogP contribution in [0, 0.1) is 45.3 Å². The van der Waals surface area contributed by atoms with Gasteiger partial charge in [-0.05, 0) is 41.5 Å². The molecule has 0 bridgehead atoms. The van der Waals surface area contributed by atoms with Crippen LogP contribution >= 0.6 is 11.3 Å². The summed E-state index contributed by atoms with van der Waals surface area (Å²) in [6.45, 7) is 0. The van der Waals surface area contributed by atoms with E-state index in [1.165, 1.54) is 6.07 Å². The monoisotopic (exact) mass is 473 g/mol. The van der Waals surface area contributed by atoms with E-state index in [0.29, 0.717) is 12.1 Å². The number of rotatable bonds is 1. The van der Waals surface area contributed by atoms with Crippen molar-refractivity contribution in [3.63, 3.8) is 0 Å². The van der Waals surface area contributed by atoms with Gasteiger partial charge in [-0.15, -0.1) is 11.3 Å². The summed E-state index contributed by atoms with van der Waals surface area (Å²) in [5.41, 5.74) is -4.83. The van der Waals surface area contributed by atoms with Gasteiger partial charge in [-0.1, -0.05) is 0 Å². The lowest BCUT2D eigenvalue weighted by Gasteiger charge is -2.15. The second-order valence-corrected chi connectivity index (χ2v) is 7.41. The highest BCUT2D eigenvalue weighted by Gasteiger charge is 2.37. The molecule has 33 heavy (non-hydrogen) atoms. The maximum Gasteiger partial charge on any atom is 0.416 e. The lowest BCUT2D eigenvalue weighted by molar-refractivity contribution is -0.143. The van der Waals surface area contributed by atoms with E-state index >= 15 is 0 Å². The Morgan fingerprint density at radius 2 is 1.24 bits per heavy atom. The second kappa shape index (κ2) is 8.27. The normalized spacial score (nSPS) is 11.2. The first kappa shape index (κ1) is 23.3. The van der Waals surface area contributed by atoms with E-state index in [4.69, 9.17) is 10.5 Å². The molecular weight excluding hydrogens is 468 g/mol. The SMILES string of the molecule is N#CC(C#N)=c1nc2cc(-c3cc(C(F)(F)F)cc(C(F)(F)F)c3)c(=C(C#N)C#N)cc2s1. The third kappa shape index (κ3) is 4.48. The predicted octanol–water partition coefficient (Wildman–Crippen LogP) is 4.40. The summed E-state index contributed by atoms with van der Waals surface area (Å²) < 4.78 is 80.1. The zero-order valence-electron chi connectivity index (χ0n) is 15.8. The molecule has 1 aromatic heterocycles. The molecule has 0 spiro atoms. The molecule has 162 valence electrons. The molecule has 3 aromatic rings. The number of halogens is 6. The lowest BCUT2D eigenvalue weighted by Crippen LogP contribution is -2.13. The van der Waals surface area contributed by atoms with Crippen LogP contribution in [0.2, 0.25) is 0 Å². The Balaban J connectivity index is 2.53. The van der Waals surface area contributed by atoms with Crippen LogP contribution in [0.15, 0.2) is 30.3 Å². The molecule has 1 heterocycles. The summed E-state index contributed by atoms with van der Waals surface area (Å²) in [6, 6.07) is 9.62. The molecule has 0 fully saturated rings. The van der Waals surface area contributed by atoms with E-state index in [0.717, 1.165) is 17.4 Å². The number of hydrogen-bond acceptors (Lipinski definition) is 6. The van der Waals surface area contributed by atoms with Crippen molar-refractivity contribution in [1.82, 2.24) is 4.98 Å². The lowest BCUT2D eigenvalue weighted by atomic mass is 9.96. The Kier molecular flexibility index (Phi) is 5.84. The summed E-state index contributed by atoms with van der Waals surface area (Å²) in [5, 5.41) is 36.4. The van der Waals surface area contributed by atoms with Crippen LogP contribution in [-0.2, 0) is 12.4 Å². The molecule has 3 rings (SSSR count). The molecule has 0 aliphatic carbocycles. The molecule has 0 aliphatic heterocycles. The Bertz CT molecular complexity index is 1520. The number of thiazole rings is 1. The quantitative estimate of drug-likeness (QED) is 0.487. The number of benzene rings is 2. The van der Waals surface area contributed by atoms with Gasteiger partial charge in [0.05, 0.1) is 21.3 Å². The first-order valence-electron chi connectivity index (χ1n) is 8.52. The number of aromatic nitrogens is 1. The van der Waals surface area contributed by atoms with E-state index in [1.807, 2.05) is 0 Å². The molecule has 5 nitrogen and oxygen atoms in total. The van der Waals surface area contributed by atoms with E-state index in [2.05, 4.69) is 4.98 Å². The van der Waals surface area contributed by atoms with Gasteiger partial charge in [0.1, 0.15) is 34.5 Å². The molecule has 0 saturated carbocycles. The number of fused-ring (bicyclic) bond motifs is 1. The fraction of sp³-hybridized carbons (Fsp3) is 0.0952. The zero-order valence-corrected chi connectivity index (χ0v) is 16.6. The van der Waals surface area contributed by atoms with Crippen molar-refractivity contribution in [2.45, 2.75) is 12.4 Å². The summed E-state index contributed by atoms with van der Waals surface area (Å²) in [7, 11) is 0. The fourth-order valence-electron chi connectivity index (χ4n) is 2.90. The molecule has 2 aromatic carbocycles. The zero-order chi connectivity index (χ0) is 24.6. The van der Waals surface area contributed by atoms with Crippen LogP contribution in [0.4, 0.5) is 26.3 Å². The molecular formula is C21H5F6N5S. The average molecular weight is 473 g/mol. The van der Waals surface area contributed by atoms with E-state index in [1.54, 1.807) is 24.3 Å². The minimum absolute atomic E-state index is 0.0337. The molecule has 12 heteroatoms. The fourth-order valence-corrected chi connectivity index (χ4v) is 3.83. The Labute approximate surface area is 184 Å². The van der Waals surface area contributed by atoms with Gasteiger partial charge in [-0.3, -0.25) is 0 Å². The van der Waals surface area contributed by atoms with Gasteiger partial charge in [-0.25, -0.2) is 4.98 Å². The van der Waals surface area contributed by atoms with Crippen molar-refractivity contribution in [2.24, 2.45) is 0 Å². The van der Waals surface area contributed by atoms with E-state index < -0.39 is 34.6 Å². The molecule has 0 amide bonds. The third-order valence-electron chi connectivity index (χ3n) is 4.36. The highest BCUT2D eigenvalue weighted by atomic mass is 32.1. The molecule has 0 saturated heterocycles. The van der Waals surface area contributed by atoms with E-state index in [-0.39, 0.29) is 37.3 Å². The molecule has 0 radical (unpaired) electrons. The Hall–Kier alpha value is -4.39. The van der Waals surface area contributed by atoms with Crippen LogP contribution < -0.4 is 9.88 Å². The summed E-state index contributed by atoms with van der Waals surface area (Å²) in [4.78, 5) is 4.05. The van der Waals surface area contributed by atoms with E-state index in [9.17, 15) is 36.9 Å². The Morgan fingerprint density at radius 3 is 1.70 bits per heavy atom. The number of nitrogens with zero attached hydrogens (tertiary/aromatic N) is 5. The predicted molar refractivity (Wildman–Crippen MR) is 104 cm³/mol. The van der Waals surface area contributed by atoms with Gasteiger partial charge < -0.3 is 0 Å². The van der Waals surface area contributed by atoms with Crippen molar-refractivity contribution in [2.75, 3.05) is 0 Å². The first-order chi connectivity index (χ1) is 15.4. The van der Waals surface area contributed by atoms with Crippen molar-refractivity contribution in [3.8, 4) is 35.4 Å². The van der Waals surface area contributed by atoms with Crippen LogP contribution in [0.3, 0.4) is 0 Å². The summed E-state index contributed by atoms with van der Waals surface area (Å²) >= 11 is 0.840. The number of hydrogen-bond donors (Lipinski definition) is 0. The standard InChI is InChI=1S/C21H5F6N5S/c22-20(23,24)13-1-10(2-14(3-13)21(25,26)27)15-4-17-18(5-16(15)11(6-28)7-29)33-19(32-17)12(8-30)9-31/h1-5H. The van der Waals surface area contributed by atoms with Crippen LogP contribution in [0.5, 0.6) is 0 Å². The minimum Gasteiger partial charge on any atom is -0.234 e. The highest BCUT2D eigenvalue weighted by molar-refractivity contribution is 7.16. The molecule has 0 aliphatic rings. The summed E-state index contributed by atoms with van der Waals surface area (Å²) in [6.07, 6.45) is -10.2. The molecule has 0 atom stereocenters. The Morgan fingerprint density at radius 1 is 0.727 bits per heavy atom. The second-order valence-electron chi connectivity index (χ2n) is 6.38.